The first kappa shape index (κ1) is 12.2. The van der Waals surface area contributed by atoms with Gasteiger partial charge in [-0.3, -0.25) is 0 Å². The van der Waals surface area contributed by atoms with Gasteiger partial charge in [0.25, 0.3) is 0 Å². The van der Waals surface area contributed by atoms with Gasteiger partial charge in [-0.2, -0.15) is 0 Å². The van der Waals surface area contributed by atoms with Crippen molar-refractivity contribution >= 4 is 9.84 Å². The third-order valence-electron chi connectivity index (χ3n) is 2.17. The largest absolute Gasteiger partial charge is 0.330 e. The van der Waals surface area contributed by atoms with Crippen molar-refractivity contribution < 1.29 is 8.42 Å². The lowest BCUT2D eigenvalue weighted by molar-refractivity contribution is 0.574. The van der Waals surface area contributed by atoms with E-state index in [9.17, 15) is 8.42 Å². The van der Waals surface area contributed by atoms with Crippen molar-refractivity contribution in [2.45, 2.75) is 23.6 Å². The van der Waals surface area contributed by atoms with Crippen LogP contribution in [0.5, 0.6) is 0 Å². The van der Waals surface area contributed by atoms with Gasteiger partial charge in [0.1, 0.15) is 5.37 Å². The monoisotopic (exact) mass is 228 g/mol. The number of aryl methyl sites for hydroxylation is 1. The van der Waals surface area contributed by atoms with Crippen LogP contribution in [0.2, 0.25) is 0 Å². The van der Waals surface area contributed by atoms with E-state index in [0.717, 1.165) is 5.56 Å². The highest BCUT2D eigenvalue weighted by atomic mass is 32.2. The van der Waals surface area contributed by atoms with E-state index in [-0.39, 0.29) is 17.9 Å². The molecule has 1 aromatic carbocycles. The topological polar surface area (TPSA) is 86.2 Å². The molecule has 0 aromatic heterocycles. The first-order valence-electron chi connectivity index (χ1n) is 4.74. The van der Waals surface area contributed by atoms with Crippen LogP contribution in [0.3, 0.4) is 0 Å². The molecular weight excluding hydrogens is 212 g/mol. The van der Waals surface area contributed by atoms with Crippen LogP contribution in [0.4, 0.5) is 0 Å². The van der Waals surface area contributed by atoms with E-state index in [0.29, 0.717) is 0 Å². The Labute approximate surface area is 90.2 Å². The minimum atomic E-state index is -3.43. The maximum Gasteiger partial charge on any atom is 0.194 e. The predicted molar refractivity (Wildman–Crippen MR) is 60.0 cm³/mol. The van der Waals surface area contributed by atoms with Crippen LogP contribution in [0.1, 0.15) is 12.0 Å². The van der Waals surface area contributed by atoms with E-state index in [1.807, 2.05) is 13.0 Å². The van der Waals surface area contributed by atoms with Crippen LogP contribution < -0.4 is 11.5 Å². The molecule has 1 atom stereocenters. The minimum Gasteiger partial charge on any atom is -0.330 e. The molecule has 0 aliphatic rings. The Morgan fingerprint density at radius 2 is 2.07 bits per heavy atom. The third kappa shape index (κ3) is 2.77. The smallest absolute Gasteiger partial charge is 0.194 e. The molecular formula is C10H16N2O2S. The lowest BCUT2D eigenvalue weighted by atomic mass is 10.2. The molecule has 5 heteroatoms. The molecule has 0 fully saturated rings. The predicted octanol–water partition coefficient (Wildman–Crippen LogP) is 0.402. The number of benzene rings is 1. The van der Waals surface area contributed by atoms with Crippen LogP contribution in [0.15, 0.2) is 29.2 Å². The second kappa shape index (κ2) is 4.74. The third-order valence-corrected chi connectivity index (χ3v) is 4.11. The van der Waals surface area contributed by atoms with Crippen LogP contribution in [-0.2, 0) is 9.84 Å². The summed E-state index contributed by atoms with van der Waals surface area (Å²) in [6.07, 6.45) is 0.274. The Hall–Kier alpha value is -0.910. The van der Waals surface area contributed by atoms with Gasteiger partial charge in [0.15, 0.2) is 9.84 Å². The van der Waals surface area contributed by atoms with Gasteiger partial charge in [-0.1, -0.05) is 12.1 Å². The van der Waals surface area contributed by atoms with E-state index in [4.69, 9.17) is 11.5 Å². The summed E-state index contributed by atoms with van der Waals surface area (Å²) in [5, 5.41) is -0.913. The molecule has 0 aliphatic heterocycles. The van der Waals surface area contributed by atoms with Crippen molar-refractivity contribution in [3.05, 3.63) is 29.8 Å². The highest BCUT2D eigenvalue weighted by Gasteiger charge is 2.22. The molecule has 15 heavy (non-hydrogen) atoms. The minimum absolute atomic E-state index is 0.267. The highest BCUT2D eigenvalue weighted by Crippen LogP contribution is 2.16. The number of hydrogen-bond donors (Lipinski definition) is 2. The zero-order valence-corrected chi connectivity index (χ0v) is 9.50. The van der Waals surface area contributed by atoms with Gasteiger partial charge in [-0.15, -0.1) is 0 Å². The van der Waals surface area contributed by atoms with Gasteiger partial charge >= 0.3 is 0 Å². The summed E-state index contributed by atoms with van der Waals surface area (Å²) in [7, 11) is -3.43. The summed E-state index contributed by atoms with van der Waals surface area (Å²) in [4.78, 5) is 0.267. The Morgan fingerprint density at radius 1 is 1.40 bits per heavy atom. The van der Waals surface area contributed by atoms with E-state index in [1.165, 1.54) is 0 Å². The standard InChI is InChI=1S/C10H16N2O2S/c1-8-3-2-4-9(7-8)15(13,14)10(12)5-6-11/h2-4,7,10H,5-6,11-12H2,1H3. The quantitative estimate of drug-likeness (QED) is 0.781. The van der Waals surface area contributed by atoms with Crippen molar-refractivity contribution in [1.82, 2.24) is 0 Å². The second-order valence-corrected chi connectivity index (χ2v) is 5.64. The van der Waals surface area contributed by atoms with Crippen molar-refractivity contribution in [2.75, 3.05) is 6.54 Å². The molecule has 1 aromatic rings. The molecule has 0 aliphatic carbocycles. The summed E-state index contributed by atoms with van der Waals surface area (Å²) < 4.78 is 23.8. The molecule has 4 nitrogen and oxygen atoms in total. The Bertz CT molecular complexity index is 429. The van der Waals surface area contributed by atoms with Gasteiger partial charge < -0.3 is 11.5 Å². The summed E-state index contributed by atoms with van der Waals surface area (Å²) in [5.74, 6) is 0. The lowest BCUT2D eigenvalue weighted by Crippen LogP contribution is -2.32. The summed E-state index contributed by atoms with van der Waals surface area (Å²) >= 11 is 0. The Morgan fingerprint density at radius 3 is 2.60 bits per heavy atom. The summed E-state index contributed by atoms with van der Waals surface area (Å²) in [6, 6.07) is 6.72. The van der Waals surface area contributed by atoms with E-state index < -0.39 is 15.2 Å². The van der Waals surface area contributed by atoms with Gasteiger partial charge in [0.05, 0.1) is 4.90 Å². The normalized spacial score (nSPS) is 13.8. The first-order chi connectivity index (χ1) is 6.98. The van der Waals surface area contributed by atoms with Gasteiger partial charge in [-0.05, 0) is 37.6 Å². The summed E-state index contributed by atoms with van der Waals surface area (Å²) in [6.45, 7) is 2.11. The van der Waals surface area contributed by atoms with Gasteiger partial charge in [0, 0.05) is 0 Å². The molecule has 0 radical (unpaired) electrons. The van der Waals surface area contributed by atoms with E-state index >= 15 is 0 Å². The second-order valence-electron chi connectivity index (χ2n) is 3.48. The average molecular weight is 228 g/mol. The van der Waals surface area contributed by atoms with E-state index in [2.05, 4.69) is 0 Å². The molecule has 4 N–H and O–H groups in total. The molecule has 1 unspecified atom stereocenters. The SMILES string of the molecule is Cc1cccc(S(=O)(=O)C(N)CCN)c1. The maximum absolute atomic E-state index is 11.9. The molecule has 84 valence electrons. The molecule has 0 heterocycles. The molecule has 0 saturated heterocycles. The van der Waals surface area contributed by atoms with E-state index in [1.54, 1.807) is 18.2 Å². The fraction of sp³-hybridized carbons (Fsp3) is 0.400. The zero-order chi connectivity index (χ0) is 11.5. The van der Waals surface area contributed by atoms with Crippen molar-refractivity contribution in [1.29, 1.82) is 0 Å². The van der Waals surface area contributed by atoms with Crippen LogP contribution in [0, 0.1) is 6.92 Å². The molecule has 0 amide bonds. The van der Waals surface area contributed by atoms with Gasteiger partial charge in [0.2, 0.25) is 0 Å². The number of hydrogen-bond acceptors (Lipinski definition) is 4. The van der Waals surface area contributed by atoms with Crippen LogP contribution in [0.25, 0.3) is 0 Å². The summed E-state index contributed by atoms with van der Waals surface area (Å²) in [5.41, 5.74) is 11.8. The number of sulfone groups is 1. The van der Waals surface area contributed by atoms with Crippen molar-refractivity contribution in [3.8, 4) is 0 Å². The fourth-order valence-corrected chi connectivity index (χ4v) is 2.70. The molecule has 0 saturated carbocycles. The molecule has 0 spiro atoms. The Balaban J connectivity index is 3.06. The number of rotatable bonds is 4. The van der Waals surface area contributed by atoms with Crippen molar-refractivity contribution in [2.24, 2.45) is 11.5 Å². The van der Waals surface area contributed by atoms with Crippen LogP contribution in [-0.4, -0.2) is 20.3 Å². The van der Waals surface area contributed by atoms with Crippen molar-refractivity contribution in [3.63, 3.8) is 0 Å². The number of nitrogens with two attached hydrogens (primary N) is 2. The highest BCUT2D eigenvalue weighted by molar-refractivity contribution is 7.92. The fourth-order valence-electron chi connectivity index (χ4n) is 1.29. The first-order valence-corrected chi connectivity index (χ1v) is 6.29. The lowest BCUT2D eigenvalue weighted by Gasteiger charge is -2.12. The average Bonchev–Trinajstić information content (AvgIpc) is 2.18. The molecule has 0 bridgehead atoms. The Kier molecular flexibility index (Phi) is 3.84. The van der Waals surface area contributed by atoms with Crippen LogP contribution >= 0.6 is 0 Å². The maximum atomic E-state index is 11.9. The van der Waals surface area contributed by atoms with Gasteiger partial charge in [-0.25, -0.2) is 8.42 Å². The molecule has 1 rings (SSSR count). The zero-order valence-electron chi connectivity index (χ0n) is 8.68.